The number of aliphatic carboxylic acids is 1. The summed E-state index contributed by atoms with van der Waals surface area (Å²) in [5.41, 5.74) is 3.03. The Morgan fingerprint density at radius 1 is 0.919 bits per heavy atom. The van der Waals surface area contributed by atoms with Gasteiger partial charge < -0.3 is 9.84 Å². The zero-order valence-electron chi connectivity index (χ0n) is 23.8. The summed E-state index contributed by atoms with van der Waals surface area (Å²) < 4.78 is 5.76. The van der Waals surface area contributed by atoms with Gasteiger partial charge in [-0.05, 0) is 69.3 Å². The fraction of sp³-hybridized carbons (Fsp3) is 0.594. The maximum atomic E-state index is 13.5. The van der Waals surface area contributed by atoms with Gasteiger partial charge in [0, 0.05) is 35.3 Å². The summed E-state index contributed by atoms with van der Waals surface area (Å²) in [6.45, 7) is 16.2. The van der Waals surface area contributed by atoms with Gasteiger partial charge >= 0.3 is 11.9 Å². The number of hydrogen-bond acceptors (Lipinski definition) is 4. The number of allylic oxidation sites excluding steroid dienone is 9. The Bertz CT molecular complexity index is 1110. The first-order valence-corrected chi connectivity index (χ1v) is 13.5. The van der Waals surface area contributed by atoms with E-state index in [0.717, 1.165) is 42.4 Å². The molecular formula is C32H44O5. The van der Waals surface area contributed by atoms with Gasteiger partial charge in [-0.1, -0.05) is 69.7 Å². The number of ketones is 1. The van der Waals surface area contributed by atoms with E-state index >= 15 is 0 Å². The SMILES string of the molecule is CC(=O)O[C@H]1CC[C@]2(C)C3CC(=O)\C(=C(C)/C=C/C=C(C)/C=C/C=C(/C)C(=O)O)[C@]3(C)CC[C@H]2C1(C)C. The molecule has 3 rings (SSSR count). The van der Waals surface area contributed by atoms with Gasteiger partial charge in [-0.15, -0.1) is 0 Å². The number of carboxylic acid groups (broad SMARTS) is 1. The van der Waals surface area contributed by atoms with E-state index in [4.69, 9.17) is 9.84 Å². The molecular weight excluding hydrogens is 464 g/mol. The minimum Gasteiger partial charge on any atom is -0.478 e. The van der Waals surface area contributed by atoms with Crippen molar-refractivity contribution < 1.29 is 24.2 Å². The van der Waals surface area contributed by atoms with Crippen molar-refractivity contribution in [3.8, 4) is 0 Å². The van der Waals surface area contributed by atoms with Crippen molar-refractivity contribution in [3.63, 3.8) is 0 Å². The molecule has 0 aromatic rings. The van der Waals surface area contributed by atoms with Crippen LogP contribution in [-0.4, -0.2) is 28.9 Å². The summed E-state index contributed by atoms with van der Waals surface area (Å²) in [6, 6.07) is 0. The molecule has 0 aromatic heterocycles. The van der Waals surface area contributed by atoms with Gasteiger partial charge in [0.05, 0.1) is 0 Å². The maximum Gasteiger partial charge on any atom is 0.331 e. The van der Waals surface area contributed by atoms with Gasteiger partial charge in [0.2, 0.25) is 0 Å². The lowest BCUT2D eigenvalue weighted by molar-refractivity contribution is -0.185. The van der Waals surface area contributed by atoms with Crippen LogP contribution in [0.1, 0.15) is 87.5 Å². The lowest BCUT2D eigenvalue weighted by Gasteiger charge is -2.62. The first kappa shape index (κ1) is 28.9. The predicted molar refractivity (Wildman–Crippen MR) is 147 cm³/mol. The second kappa shape index (κ2) is 10.6. The molecule has 1 unspecified atom stereocenters. The van der Waals surface area contributed by atoms with Crippen LogP contribution in [-0.2, 0) is 19.1 Å². The van der Waals surface area contributed by atoms with Crippen LogP contribution >= 0.6 is 0 Å². The Labute approximate surface area is 222 Å². The molecule has 3 aliphatic rings. The molecule has 37 heavy (non-hydrogen) atoms. The van der Waals surface area contributed by atoms with E-state index in [2.05, 4.69) is 27.7 Å². The predicted octanol–water partition coefficient (Wildman–Crippen LogP) is 7.16. The Morgan fingerprint density at radius 2 is 1.57 bits per heavy atom. The van der Waals surface area contributed by atoms with Crippen LogP contribution in [0.4, 0.5) is 0 Å². The number of rotatable bonds is 6. The summed E-state index contributed by atoms with van der Waals surface area (Å²) >= 11 is 0. The number of carboxylic acids is 1. The lowest BCUT2D eigenvalue weighted by atomic mass is 9.43. The van der Waals surface area contributed by atoms with Crippen LogP contribution in [0.3, 0.4) is 0 Å². The van der Waals surface area contributed by atoms with E-state index in [0.29, 0.717) is 12.3 Å². The number of esters is 1. The average Bonchev–Trinajstić information content (AvgIpc) is 3.06. The second-order valence-electron chi connectivity index (χ2n) is 12.5. The van der Waals surface area contributed by atoms with Gasteiger partial charge in [-0.2, -0.15) is 0 Å². The third kappa shape index (κ3) is 5.46. The number of carbonyl (C=O) groups is 3. The van der Waals surface area contributed by atoms with Crippen LogP contribution in [0, 0.1) is 28.1 Å². The van der Waals surface area contributed by atoms with Crippen molar-refractivity contribution in [1.29, 1.82) is 0 Å². The molecule has 5 atom stereocenters. The summed E-state index contributed by atoms with van der Waals surface area (Å²) in [5.74, 6) is -0.184. The van der Waals surface area contributed by atoms with Crippen LogP contribution in [0.5, 0.6) is 0 Å². The van der Waals surface area contributed by atoms with E-state index in [-0.39, 0.29) is 45.6 Å². The van der Waals surface area contributed by atoms with Crippen molar-refractivity contribution >= 4 is 17.7 Å². The van der Waals surface area contributed by atoms with Gasteiger partial charge in [0.25, 0.3) is 0 Å². The van der Waals surface area contributed by atoms with Crippen molar-refractivity contribution in [3.05, 3.63) is 58.7 Å². The first-order chi connectivity index (χ1) is 17.1. The number of fused-ring (bicyclic) bond motifs is 3. The fourth-order valence-electron chi connectivity index (χ4n) is 7.87. The van der Waals surface area contributed by atoms with Gasteiger partial charge in [0.1, 0.15) is 6.10 Å². The smallest absolute Gasteiger partial charge is 0.331 e. The van der Waals surface area contributed by atoms with E-state index in [1.165, 1.54) is 6.92 Å². The second-order valence-corrected chi connectivity index (χ2v) is 12.5. The average molecular weight is 509 g/mol. The van der Waals surface area contributed by atoms with Crippen molar-refractivity contribution in [2.45, 2.75) is 93.6 Å². The molecule has 0 aliphatic heterocycles. The summed E-state index contributed by atoms with van der Waals surface area (Å²) in [4.78, 5) is 36.1. The molecule has 202 valence electrons. The quantitative estimate of drug-likeness (QED) is 0.234. The van der Waals surface area contributed by atoms with E-state index in [1.54, 1.807) is 19.1 Å². The summed E-state index contributed by atoms with van der Waals surface area (Å²) in [5, 5.41) is 8.95. The van der Waals surface area contributed by atoms with Crippen molar-refractivity contribution in [2.24, 2.45) is 28.1 Å². The molecule has 3 saturated carbocycles. The molecule has 0 heterocycles. The third-order valence-corrected chi connectivity index (χ3v) is 9.68. The van der Waals surface area contributed by atoms with Crippen molar-refractivity contribution in [2.75, 3.05) is 0 Å². The highest BCUT2D eigenvalue weighted by Crippen LogP contribution is 2.69. The Morgan fingerprint density at radius 3 is 2.19 bits per heavy atom. The molecule has 0 saturated heterocycles. The number of hydrogen-bond donors (Lipinski definition) is 1. The minimum absolute atomic E-state index is 0.0252. The fourth-order valence-corrected chi connectivity index (χ4v) is 7.87. The van der Waals surface area contributed by atoms with Crippen LogP contribution < -0.4 is 0 Å². The molecule has 5 nitrogen and oxygen atoms in total. The highest BCUT2D eigenvalue weighted by Gasteiger charge is 2.65. The molecule has 1 N–H and O–H groups in total. The molecule has 0 spiro atoms. The van der Waals surface area contributed by atoms with Gasteiger partial charge in [-0.3, -0.25) is 9.59 Å². The molecule has 3 aliphatic carbocycles. The molecule has 0 amide bonds. The van der Waals surface area contributed by atoms with E-state index < -0.39 is 5.97 Å². The molecule has 3 fully saturated rings. The summed E-state index contributed by atoms with van der Waals surface area (Å²) in [6.07, 6.45) is 15.5. The highest BCUT2D eigenvalue weighted by atomic mass is 16.5. The Hall–Kier alpha value is -2.69. The topological polar surface area (TPSA) is 80.7 Å². The largest absolute Gasteiger partial charge is 0.478 e. The number of Topliss-reactive ketones (excluding diaryl/α,β-unsaturated/α-hetero) is 1. The molecule has 0 radical (unpaired) electrons. The third-order valence-electron chi connectivity index (χ3n) is 9.68. The van der Waals surface area contributed by atoms with E-state index in [9.17, 15) is 14.4 Å². The molecule has 0 bridgehead atoms. The number of carbonyl (C=O) groups excluding carboxylic acids is 2. The van der Waals surface area contributed by atoms with Crippen molar-refractivity contribution in [1.82, 2.24) is 0 Å². The normalized spacial score (nSPS) is 35.5. The van der Waals surface area contributed by atoms with Gasteiger partial charge in [-0.25, -0.2) is 4.79 Å². The lowest BCUT2D eigenvalue weighted by Crippen LogP contribution is -2.58. The molecule has 5 heteroatoms. The standard InChI is InChI=1S/C32H44O5/c1-20(12-10-14-22(3)29(35)36)11-9-13-21(2)28-24(34)19-26-31(7)18-16-27(37-23(4)33)30(5,6)25(31)15-17-32(26,28)8/h9-14,25-27H,15-19H2,1-8H3,(H,35,36)/b12-10+,13-9+,20-11+,22-14-,28-21+/t25-,26?,27-,31-,32+/m0/s1. The van der Waals surface area contributed by atoms with Gasteiger partial charge in [0.15, 0.2) is 5.78 Å². The zero-order valence-corrected chi connectivity index (χ0v) is 23.8. The Kier molecular flexibility index (Phi) is 8.26. The zero-order chi connectivity index (χ0) is 27.8. The molecule has 0 aromatic carbocycles. The van der Waals surface area contributed by atoms with E-state index in [1.807, 2.05) is 38.2 Å². The van der Waals surface area contributed by atoms with Crippen LogP contribution in [0.2, 0.25) is 0 Å². The Balaban J connectivity index is 1.85. The minimum atomic E-state index is -0.926. The van der Waals surface area contributed by atoms with Crippen LogP contribution in [0.25, 0.3) is 0 Å². The first-order valence-electron chi connectivity index (χ1n) is 13.5. The monoisotopic (exact) mass is 508 g/mol. The maximum absolute atomic E-state index is 13.5. The number of ether oxygens (including phenoxy) is 1. The highest BCUT2D eigenvalue weighted by molar-refractivity contribution is 6.00. The van der Waals surface area contributed by atoms with Crippen LogP contribution in [0.15, 0.2) is 58.7 Å². The summed E-state index contributed by atoms with van der Waals surface area (Å²) in [7, 11) is 0.